The number of rotatable bonds is 10. The Morgan fingerprint density at radius 1 is 1.00 bits per heavy atom. The van der Waals surface area contributed by atoms with Crippen LogP contribution in [0.5, 0.6) is 0 Å². The molecule has 6 nitrogen and oxygen atoms in total. The Labute approximate surface area is 195 Å². The minimum atomic E-state index is -0.310. The van der Waals surface area contributed by atoms with Crippen molar-refractivity contribution in [2.24, 2.45) is 0 Å². The molecule has 0 bridgehead atoms. The lowest BCUT2D eigenvalue weighted by atomic mass is 10.0. The first-order valence-electron chi connectivity index (χ1n) is 11.3. The van der Waals surface area contributed by atoms with Crippen LogP contribution in [0.3, 0.4) is 0 Å². The van der Waals surface area contributed by atoms with Gasteiger partial charge in [0.1, 0.15) is 11.5 Å². The fourth-order valence-electron chi connectivity index (χ4n) is 3.78. The summed E-state index contributed by atoms with van der Waals surface area (Å²) in [5.74, 6) is 0.300. The predicted molar refractivity (Wildman–Crippen MR) is 130 cm³/mol. The average Bonchev–Trinajstić information content (AvgIpc) is 3.21. The molecule has 0 atom stereocenters. The van der Waals surface area contributed by atoms with Gasteiger partial charge in [0.15, 0.2) is 0 Å². The third-order valence-corrected chi connectivity index (χ3v) is 5.76. The Kier molecular flexibility index (Phi) is 8.22. The van der Waals surface area contributed by atoms with E-state index in [1.54, 1.807) is 12.1 Å². The molecule has 3 aromatic rings. The summed E-state index contributed by atoms with van der Waals surface area (Å²) in [4.78, 5) is 19.6. The maximum Gasteiger partial charge on any atom is 0.254 e. The number of carbonyl (C=O) groups excluding carboxylic acids is 1. The highest BCUT2D eigenvalue weighted by Crippen LogP contribution is 2.33. The molecule has 0 aliphatic rings. The zero-order valence-electron chi connectivity index (χ0n) is 20.1. The van der Waals surface area contributed by atoms with E-state index in [2.05, 4.69) is 28.8 Å². The van der Waals surface area contributed by atoms with E-state index < -0.39 is 0 Å². The van der Waals surface area contributed by atoms with E-state index >= 15 is 0 Å². The van der Waals surface area contributed by atoms with Crippen LogP contribution in [0.1, 0.15) is 35.3 Å². The lowest BCUT2D eigenvalue weighted by Gasteiger charge is -2.27. The number of aromatic nitrogens is 1. The summed E-state index contributed by atoms with van der Waals surface area (Å²) in [6.07, 6.45) is 0. The monoisotopic (exact) mass is 452 g/mol. The normalized spacial score (nSPS) is 11.1. The molecular weight excluding hydrogens is 419 g/mol. The van der Waals surface area contributed by atoms with Gasteiger partial charge in [-0.2, -0.15) is 0 Å². The average molecular weight is 453 g/mol. The van der Waals surface area contributed by atoms with Crippen LogP contribution in [0.25, 0.3) is 11.3 Å². The number of amides is 1. The van der Waals surface area contributed by atoms with Crippen molar-refractivity contribution in [3.05, 3.63) is 71.0 Å². The standard InChI is InChI=1S/C26H33FN4O2/c1-6-30(7-2)26-23(24(28-33-26)20-12-14-21(27)15-13-20)18-31(17-16-29(4)5)25(32)22-11-9-8-10-19(22)3/h8-15H,6-7,16-18H2,1-5H3. The number of aryl methyl sites for hydroxylation is 1. The van der Waals surface area contributed by atoms with Crippen LogP contribution < -0.4 is 4.90 Å². The third-order valence-electron chi connectivity index (χ3n) is 5.76. The molecule has 0 aliphatic carbocycles. The molecule has 0 saturated heterocycles. The molecule has 1 amide bonds. The summed E-state index contributed by atoms with van der Waals surface area (Å²) in [5, 5.41) is 4.34. The molecule has 0 radical (unpaired) electrons. The van der Waals surface area contributed by atoms with Crippen molar-refractivity contribution >= 4 is 11.8 Å². The van der Waals surface area contributed by atoms with E-state index in [9.17, 15) is 9.18 Å². The van der Waals surface area contributed by atoms with Crippen molar-refractivity contribution in [3.8, 4) is 11.3 Å². The molecule has 0 saturated carbocycles. The summed E-state index contributed by atoms with van der Waals surface area (Å²) in [5.41, 5.74) is 3.82. The van der Waals surface area contributed by atoms with E-state index in [1.807, 2.05) is 50.2 Å². The predicted octanol–water partition coefficient (Wildman–Crippen LogP) is 4.84. The molecule has 2 aromatic carbocycles. The molecule has 0 spiro atoms. The first-order chi connectivity index (χ1) is 15.8. The van der Waals surface area contributed by atoms with Crippen molar-refractivity contribution in [2.45, 2.75) is 27.3 Å². The maximum atomic E-state index is 13.6. The van der Waals surface area contributed by atoms with Crippen LogP contribution in [-0.4, -0.2) is 61.1 Å². The van der Waals surface area contributed by atoms with E-state index in [4.69, 9.17) is 4.52 Å². The van der Waals surface area contributed by atoms with Crippen molar-refractivity contribution in [2.75, 3.05) is 45.2 Å². The number of benzene rings is 2. The summed E-state index contributed by atoms with van der Waals surface area (Å²) in [6.45, 7) is 9.13. The SMILES string of the molecule is CCN(CC)c1onc(-c2ccc(F)cc2)c1CN(CCN(C)C)C(=O)c1ccccc1C. The minimum Gasteiger partial charge on any atom is -0.341 e. The Morgan fingerprint density at radius 3 is 2.27 bits per heavy atom. The highest BCUT2D eigenvalue weighted by atomic mass is 19.1. The maximum absolute atomic E-state index is 13.6. The fourth-order valence-corrected chi connectivity index (χ4v) is 3.78. The lowest BCUT2D eigenvalue weighted by Crippen LogP contribution is -2.37. The topological polar surface area (TPSA) is 52.8 Å². The van der Waals surface area contributed by atoms with Crippen LogP contribution in [-0.2, 0) is 6.54 Å². The number of nitrogens with zero attached hydrogens (tertiary/aromatic N) is 4. The van der Waals surface area contributed by atoms with E-state index in [0.717, 1.165) is 36.3 Å². The van der Waals surface area contributed by atoms with E-state index in [-0.39, 0.29) is 11.7 Å². The van der Waals surface area contributed by atoms with Gasteiger partial charge in [0.25, 0.3) is 5.91 Å². The molecule has 0 N–H and O–H groups in total. The second-order valence-electron chi connectivity index (χ2n) is 8.34. The third kappa shape index (κ3) is 5.79. The highest BCUT2D eigenvalue weighted by molar-refractivity contribution is 5.95. The number of hydrogen-bond acceptors (Lipinski definition) is 5. The molecule has 7 heteroatoms. The van der Waals surface area contributed by atoms with Gasteiger partial charge in [-0.3, -0.25) is 4.79 Å². The molecule has 176 valence electrons. The molecule has 3 rings (SSSR count). The van der Waals surface area contributed by atoms with Crippen LogP contribution in [0.4, 0.5) is 10.3 Å². The van der Waals surface area contributed by atoms with Crippen molar-refractivity contribution in [1.82, 2.24) is 15.0 Å². The van der Waals surface area contributed by atoms with Crippen LogP contribution in [0, 0.1) is 12.7 Å². The number of anilines is 1. The fraction of sp³-hybridized carbons (Fsp3) is 0.385. The Morgan fingerprint density at radius 2 is 1.67 bits per heavy atom. The van der Waals surface area contributed by atoms with Gasteiger partial charge >= 0.3 is 0 Å². The Balaban J connectivity index is 2.06. The molecule has 1 heterocycles. The summed E-state index contributed by atoms with van der Waals surface area (Å²) < 4.78 is 19.3. The van der Waals surface area contributed by atoms with Crippen molar-refractivity contribution in [3.63, 3.8) is 0 Å². The summed E-state index contributed by atoms with van der Waals surface area (Å²) in [6, 6.07) is 13.8. The molecule has 33 heavy (non-hydrogen) atoms. The van der Waals surface area contributed by atoms with Gasteiger partial charge in [0.05, 0.1) is 12.1 Å². The number of carbonyl (C=O) groups is 1. The van der Waals surface area contributed by atoms with Crippen LogP contribution >= 0.6 is 0 Å². The first-order valence-corrected chi connectivity index (χ1v) is 11.3. The number of halogens is 1. The molecule has 1 aromatic heterocycles. The van der Waals surface area contributed by atoms with Gasteiger partial charge < -0.3 is 19.2 Å². The molecule has 0 aliphatic heterocycles. The number of likely N-dealkylation sites (N-methyl/N-ethyl adjacent to an activating group) is 1. The largest absolute Gasteiger partial charge is 0.341 e. The molecular formula is C26H33FN4O2. The zero-order valence-corrected chi connectivity index (χ0v) is 20.1. The van der Waals surface area contributed by atoms with Gasteiger partial charge in [-0.05, 0) is 70.8 Å². The minimum absolute atomic E-state index is 0.0355. The van der Waals surface area contributed by atoms with Crippen LogP contribution in [0.15, 0.2) is 53.1 Å². The van der Waals surface area contributed by atoms with Gasteiger partial charge in [-0.1, -0.05) is 23.4 Å². The van der Waals surface area contributed by atoms with E-state index in [0.29, 0.717) is 30.2 Å². The van der Waals surface area contributed by atoms with Gasteiger partial charge in [-0.25, -0.2) is 4.39 Å². The molecule has 0 fully saturated rings. The van der Waals surface area contributed by atoms with Gasteiger partial charge in [-0.15, -0.1) is 0 Å². The first kappa shape index (κ1) is 24.5. The molecule has 0 unspecified atom stereocenters. The summed E-state index contributed by atoms with van der Waals surface area (Å²) in [7, 11) is 3.97. The second-order valence-corrected chi connectivity index (χ2v) is 8.34. The van der Waals surface area contributed by atoms with Crippen LogP contribution in [0.2, 0.25) is 0 Å². The quantitative estimate of drug-likeness (QED) is 0.441. The summed E-state index contributed by atoms with van der Waals surface area (Å²) >= 11 is 0. The van der Waals surface area contributed by atoms with Crippen molar-refractivity contribution in [1.29, 1.82) is 0 Å². The van der Waals surface area contributed by atoms with E-state index in [1.165, 1.54) is 12.1 Å². The Bertz CT molecular complexity index is 1060. The Hall–Kier alpha value is -3.19. The highest BCUT2D eigenvalue weighted by Gasteiger charge is 2.26. The number of hydrogen-bond donors (Lipinski definition) is 0. The second kappa shape index (κ2) is 11.1. The van der Waals surface area contributed by atoms with Crippen molar-refractivity contribution < 1.29 is 13.7 Å². The van der Waals surface area contributed by atoms with Gasteiger partial charge in [0.2, 0.25) is 5.88 Å². The van der Waals surface area contributed by atoms with Gasteiger partial charge in [0, 0.05) is 37.3 Å². The lowest BCUT2D eigenvalue weighted by molar-refractivity contribution is 0.0731. The smallest absolute Gasteiger partial charge is 0.254 e. The zero-order chi connectivity index (χ0) is 24.0.